The van der Waals surface area contributed by atoms with E-state index in [0.29, 0.717) is 16.7 Å². The normalized spacial score (nSPS) is 10.3. The smallest absolute Gasteiger partial charge is 0.255 e. The number of phenolic OH excluding ortho intramolecular Hbond substituents is 1. The zero-order valence-corrected chi connectivity index (χ0v) is 10.2. The van der Waals surface area contributed by atoms with Crippen molar-refractivity contribution < 1.29 is 14.4 Å². The van der Waals surface area contributed by atoms with Crippen LogP contribution < -0.4 is 5.32 Å². The Balaban J connectivity index is 2.03. The van der Waals surface area contributed by atoms with E-state index in [9.17, 15) is 9.90 Å². The van der Waals surface area contributed by atoms with Gasteiger partial charge in [0.2, 0.25) is 5.89 Å². The minimum Gasteiger partial charge on any atom is -0.507 e. The molecule has 0 aliphatic heterocycles. The minimum atomic E-state index is -0.438. The number of amides is 1. The van der Waals surface area contributed by atoms with Gasteiger partial charge in [0.15, 0.2) is 5.82 Å². The number of hydrogen-bond donors (Lipinski definition) is 2. The van der Waals surface area contributed by atoms with E-state index in [1.165, 1.54) is 18.2 Å². The number of nitrogens with zero attached hydrogens (tertiary/aromatic N) is 2. The van der Waals surface area contributed by atoms with Crippen molar-refractivity contribution in [3.05, 3.63) is 40.5 Å². The highest BCUT2D eigenvalue weighted by Crippen LogP contribution is 2.21. The van der Waals surface area contributed by atoms with Crippen LogP contribution in [0.25, 0.3) is 0 Å². The van der Waals surface area contributed by atoms with Gasteiger partial charge >= 0.3 is 0 Å². The lowest BCUT2D eigenvalue weighted by atomic mass is 10.2. The molecule has 2 N–H and O–H groups in total. The van der Waals surface area contributed by atoms with Crippen molar-refractivity contribution in [2.75, 3.05) is 0 Å². The molecule has 1 aromatic carbocycles. The van der Waals surface area contributed by atoms with Gasteiger partial charge in [0.25, 0.3) is 5.91 Å². The molecule has 18 heavy (non-hydrogen) atoms. The molecule has 0 unspecified atom stereocenters. The quantitative estimate of drug-likeness (QED) is 0.883. The first kappa shape index (κ1) is 12.4. The molecule has 0 saturated heterocycles. The third-order valence-electron chi connectivity index (χ3n) is 2.18. The maximum atomic E-state index is 11.8. The summed E-state index contributed by atoms with van der Waals surface area (Å²) in [6.45, 7) is 1.78. The summed E-state index contributed by atoms with van der Waals surface area (Å²) in [5.74, 6) is 0.179. The maximum absolute atomic E-state index is 11.8. The molecule has 0 spiro atoms. The summed E-state index contributed by atoms with van der Waals surface area (Å²) in [6, 6.07) is 4.26. The molecule has 2 rings (SSSR count). The van der Waals surface area contributed by atoms with Crippen LogP contribution in [0.1, 0.15) is 22.1 Å². The van der Waals surface area contributed by atoms with E-state index >= 15 is 0 Å². The van der Waals surface area contributed by atoms with E-state index in [1.807, 2.05) is 0 Å². The third-order valence-corrected chi connectivity index (χ3v) is 2.42. The third kappa shape index (κ3) is 2.78. The Labute approximate surface area is 108 Å². The van der Waals surface area contributed by atoms with E-state index in [1.54, 1.807) is 6.92 Å². The molecule has 0 aliphatic carbocycles. The summed E-state index contributed by atoms with van der Waals surface area (Å²) < 4.78 is 4.76. The standard InChI is InChI=1S/C11H10ClN3O3/c1-6-14-10(15-18-6)5-13-11(17)8-3-2-7(12)4-9(8)16/h2-4,16H,5H2,1H3,(H,13,17). The van der Waals surface area contributed by atoms with Gasteiger partial charge < -0.3 is 14.9 Å². The largest absolute Gasteiger partial charge is 0.507 e. The van der Waals surface area contributed by atoms with E-state index < -0.39 is 5.91 Å². The molecule has 0 bridgehead atoms. The molecule has 6 nitrogen and oxygen atoms in total. The molecule has 0 radical (unpaired) electrons. The van der Waals surface area contributed by atoms with Crippen LogP contribution >= 0.6 is 11.6 Å². The van der Waals surface area contributed by atoms with Crippen LogP contribution in [0, 0.1) is 6.92 Å². The van der Waals surface area contributed by atoms with Crippen molar-refractivity contribution in [3.8, 4) is 5.75 Å². The summed E-state index contributed by atoms with van der Waals surface area (Å²) in [7, 11) is 0. The zero-order valence-electron chi connectivity index (χ0n) is 9.48. The lowest BCUT2D eigenvalue weighted by molar-refractivity contribution is 0.0947. The fraction of sp³-hybridized carbons (Fsp3) is 0.182. The maximum Gasteiger partial charge on any atom is 0.255 e. The Hall–Kier alpha value is -2.08. The fourth-order valence-corrected chi connectivity index (χ4v) is 1.53. The van der Waals surface area contributed by atoms with Gasteiger partial charge in [-0.25, -0.2) is 0 Å². The molecule has 7 heteroatoms. The lowest BCUT2D eigenvalue weighted by Gasteiger charge is -2.04. The second kappa shape index (κ2) is 5.05. The number of aromatic nitrogens is 2. The van der Waals surface area contributed by atoms with Crippen molar-refractivity contribution in [2.24, 2.45) is 0 Å². The van der Waals surface area contributed by atoms with Crippen LogP contribution in [-0.4, -0.2) is 21.2 Å². The molecule has 0 atom stereocenters. The highest BCUT2D eigenvalue weighted by molar-refractivity contribution is 6.30. The summed E-state index contributed by atoms with van der Waals surface area (Å²) >= 11 is 5.67. The summed E-state index contributed by atoms with van der Waals surface area (Å²) in [4.78, 5) is 15.7. The number of aryl methyl sites for hydroxylation is 1. The monoisotopic (exact) mass is 267 g/mol. The van der Waals surface area contributed by atoms with Crippen molar-refractivity contribution in [1.82, 2.24) is 15.5 Å². The summed E-state index contributed by atoms with van der Waals surface area (Å²) in [6.07, 6.45) is 0. The van der Waals surface area contributed by atoms with Crippen molar-refractivity contribution in [3.63, 3.8) is 0 Å². The SMILES string of the molecule is Cc1nc(CNC(=O)c2ccc(Cl)cc2O)no1. The highest BCUT2D eigenvalue weighted by Gasteiger charge is 2.12. The predicted molar refractivity (Wildman–Crippen MR) is 63.3 cm³/mol. The first-order valence-corrected chi connectivity index (χ1v) is 5.50. The molecule has 0 saturated carbocycles. The number of halogens is 1. The predicted octanol–water partition coefficient (Wildman–Crippen LogP) is 1.67. The number of carbonyl (C=O) groups is 1. The van der Waals surface area contributed by atoms with Crippen LogP contribution in [0.4, 0.5) is 0 Å². The van der Waals surface area contributed by atoms with Gasteiger partial charge in [-0.1, -0.05) is 16.8 Å². The van der Waals surface area contributed by atoms with Gasteiger partial charge in [-0.05, 0) is 18.2 Å². The fourth-order valence-electron chi connectivity index (χ4n) is 1.36. The number of nitrogens with one attached hydrogen (secondary N) is 1. The summed E-state index contributed by atoms with van der Waals surface area (Å²) in [5, 5.41) is 16.1. The molecule has 1 heterocycles. The van der Waals surface area contributed by atoms with Gasteiger partial charge in [-0.2, -0.15) is 4.98 Å². The van der Waals surface area contributed by atoms with Crippen LogP contribution in [0.5, 0.6) is 5.75 Å². The molecule has 1 amide bonds. The number of phenols is 1. The first-order valence-electron chi connectivity index (χ1n) is 5.12. The first-order chi connectivity index (χ1) is 8.56. The number of hydrogen-bond acceptors (Lipinski definition) is 5. The molecular formula is C11H10ClN3O3. The van der Waals surface area contributed by atoms with Gasteiger partial charge in [-0.15, -0.1) is 0 Å². The lowest BCUT2D eigenvalue weighted by Crippen LogP contribution is -2.23. The molecular weight excluding hydrogens is 258 g/mol. The zero-order chi connectivity index (χ0) is 13.1. The Kier molecular flexibility index (Phi) is 3.47. The second-order valence-electron chi connectivity index (χ2n) is 3.57. The number of rotatable bonds is 3. The average molecular weight is 268 g/mol. The van der Waals surface area contributed by atoms with Crippen LogP contribution in [0.2, 0.25) is 5.02 Å². The van der Waals surface area contributed by atoms with Crippen molar-refractivity contribution in [1.29, 1.82) is 0 Å². The van der Waals surface area contributed by atoms with E-state index in [-0.39, 0.29) is 17.9 Å². The topological polar surface area (TPSA) is 88.2 Å². The van der Waals surface area contributed by atoms with Crippen LogP contribution in [0.15, 0.2) is 22.7 Å². The highest BCUT2D eigenvalue weighted by atomic mass is 35.5. The number of benzene rings is 1. The average Bonchev–Trinajstić information content (AvgIpc) is 2.72. The Bertz CT molecular complexity index is 583. The van der Waals surface area contributed by atoms with Crippen LogP contribution in [0.3, 0.4) is 0 Å². The Morgan fingerprint density at radius 3 is 2.94 bits per heavy atom. The van der Waals surface area contributed by atoms with E-state index in [2.05, 4.69) is 15.5 Å². The van der Waals surface area contributed by atoms with Crippen molar-refractivity contribution >= 4 is 17.5 Å². The van der Waals surface area contributed by atoms with E-state index in [0.717, 1.165) is 0 Å². The minimum absolute atomic E-state index is 0.123. The molecule has 1 aromatic heterocycles. The summed E-state index contributed by atoms with van der Waals surface area (Å²) in [5.41, 5.74) is 0.139. The molecule has 94 valence electrons. The second-order valence-corrected chi connectivity index (χ2v) is 4.01. The van der Waals surface area contributed by atoms with Gasteiger partial charge in [-0.3, -0.25) is 4.79 Å². The van der Waals surface area contributed by atoms with Gasteiger partial charge in [0, 0.05) is 11.9 Å². The Morgan fingerprint density at radius 1 is 1.56 bits per heavy atom. The number of carbonyl (C=O) groups excluding carboxylic acids is 1. The molecule has 2 aromatic rings. The van der Waals surface area contributed by atoms with Gasteiger partial charge in [0.1, 0.15) is 5.75 Å². The molecule has 0 fully saturated rings. The van der Waals surface area contributed by atoms with Crippen LogP contribution in [-0.2, 0) is 6.54 Å². The number of aromatic hydroxyl groups is 1. The Morgan fingerprint density at radius 2 is 2.33 bits per heavy atom. The molecule has 0 aliphatic rings. The van der Waals surface area contributed by atoms with E-state index in [4.69, 9.17) is 16.1 Å². The van der Waals surface area contributed by atoms with Crippen molar-refractivity contribution in [2.45, 2.75) is 13.5 Å². The van der Waals surface area contributed by atoms with Gasteiger partial charge in [0.05, 0.1) is 12.1 Å².